The van der Waals surface area contributed by atoms with Gasteiger partial charge in [0.2, 0.25) is 0 Å². The summed E-state index contributed by atoms with van der Waals surface area (Å²) in [5, 5.41) is 7.77. The van der Waals surface area contributed by atoms with Crippen LogP contribution in [0.15, 0.2) is 206 Å². The molecule has 4 heteroatoms. The number of thiophene rings is 2. The van der Waals surface area contributed by atoms with E-state index in [9.17, 15) is 0 Å². The van der Waals surface area contributed by atoms with E-state index in [0.29, 0.717) is 0 Å². The number of aromatic nitrogens is 1. The van der Waals surface area contributed by atoms with Gasteiger partial charge in [-0.05, 0) is 95.1 Å². The van der Waals surface area contributed by atoms with Gasteiger partial charge in [0.15, 0.2) is 0 Å². The monoisotopic (exact) mass is 774 g/mol. The molecule has 3 heterocycles. The Bertz CT molecular complexity index is 3500. The van der Waals surface area contributed by atoms with Crippen LogP contribution in [-0.4, -0.2) is 4.57 Å². The Kier molecular flexibility index (Phi) is 7.62. The normalized spacial score (nSPS) is 11.8. The summed E-state index contributed by atoms with van der Waals surface area (Å²) in [6.07, 6.45) is 0. The topological polar surface area (TPSA) is 8.17 Å². The lowest BCUT2D eigenvalue weighted by Gasteiger charge is -2.26. The fourth-order valence-corrected chi connectivity index (χ4v) is 11.3. The third-order valence-corrected chi connectivity index (χ3v) is 14.0. The van der Waals surface area contributed by atoms with E-state index < -0.39 is 0 Å². The second-order valence-corrected chi connectivity index (χ2v) is 17.0. The first kappa shape index (κ1) is 33.2. The van der Waals surface area contributed by atoms with E-state index in [1.165, 1.54) is 84.4 Å². The predicted octanol–water partition coefficient (Wildman–Crippen LogP) is 16.3. The van der Waals surface area contributed by atoms with E-state index in [1.807, 2.05) is 22.7 Å². The van der Waals surface area contributed by atoms with Crippen molar-refractivity contribution in [3.63, 3.8) is 0 Å². The van der Waals surface area contributed by atoms with Crippen molar-refractivity contribution in [1.29, 1.82) is 0 Å². The van der Waals surface area contributed by atoms with E-state index in [0.717, 1.165) is 22.7 Å². The van der Waals surface area contributed by atoms with Crippen molar-refractivity contribution in [1.82, 2.24) is 4.57 Å². The molecule has 0 aliphatic carbocycles. The molecule has 0 fully saturated rings. The van der Waals surface area contributed by atoms with Gasteiger partial charge in [0.05, 0.1) is 11.0 Å². The van der Waals surface area contributed by atoms with E-state index >= 15 is 0 Å². The van der Waals surface area contributed by atoms with Crippen molar-refractivity contribution in [2.75, 3.05) is 4.90 Å². The van der Waals surface area contributed by atoms with Gasteiger partial charge < -0.3 is 9.47 Å². The second kappa shape index (κ2) is 13.3. The molecule has 0 saturated heterocycles. The van der Waals surface area contributed by atoms with Gasteiger partial charge in [-0.2, -0.15) is 0 Å². The first-order chi connectivity index (χ1) is 28.8. The van der Waals surface area contributed by atoms with Gasteiger partial charge in [-0.25, -0.2) is 0 Å². The lowest BCUT2D eigenvalue weighted by atomic mass is 9.99. The maximum atomic E-state index is 2.40. The minimum absolute atomic E-state index is 1.10. The molecule has 0 N–H and O–H groups in total. The van der Waals surface area contributed by atoms with Crippen molar-refractivity contribution in [2.45, 2.75) is 0 Å². The van der Waals surface area contributed by atoms with Crippen molar-refractivity contribution < 1.29 is 0 Å². The number of nitrogens with zero attached hydrogens (tertiary/aromatic N) is 2. The Hall–Kier alpha value is -6.98. The minimum Gasteiger partial charge on any atom is -0.310 e. The molecule has 12 rings (SSSR count). The average Bonchev–Trinajstić information content (AvgIpc) is 3.97. The van der Waals surface area contributed by atoms with Crippen LogP contribution >= 0.6 is 22.7 Å². The molecule has 9 aromatic carbocycles. The number of fused-ring (bicyclic) bond motifs is 9. The molecule has 0 unspecified atom stereocenters. The Morgan fingerprint density at radius 1 is 0.345 bits per heavy atom. The Balaban J connectivity index is 1.02. The smallest absolute Gasteiger partial charge is 0.0561 e. The summed E-state index contributed by atoms with van der Waals surface area (Å²) in [4.78, 5) is 2.40. The molecule has 0 atom stereocenters. The van der Waals surface area contributed by atoms with Crippen LogP contribution in [-0.2, 0) is 0 Å². The van der Waals surface area contributed by atoms with Crippen LogP contribution in [0.5, 0.6) is 0 Å². The standard InChI is InChI=1S/C54H34N2S2/c1-2-12-37(13-3-1)56-48-20-7-4-14-43(48)44-33-32-40(34-49(44)56)55(38-28-24-35(25-29-38)41-17-11-23-52-53(41)47-16-6-9-22-51(47)57-52)39-30-26-36(27-31-39)42-18-10-19-46-45-15-5-8-21-50(45)58-54(42)46/h1-34H. The lowest BCUT2D eigenvalue weighted by Crippen LogP contribution is -2.10. The summed E-state index contributed by atoms with van der Waals surface area (Å²) in [5.74, 6) is 0. The molecular formula is C54H34N2S2. The Morgan fingerprint density at radius 2 is 0.897 bits per heavy atom. The third kappa shape index (κ3) is 5.23. The second-order valence-electron chi connectivity index (χ2n) is 14.9. The van der Waals surface area contributed by atoms with Crippen LogP contribution in [0, 0.1) is 0 Å². The maximum Gasteiger partial charge on any atom is 0.0561 e. The summed E-state index contributed by atoms with van der Waals surface area (Å²) in [7, 11) is 0. The van der Waals surface area contributed by atoms with Gasteiger partial charge in [-0.1, -0.05) is 133 Å². The van der Waals surface area contributed by atoms with Crippen molar-refractivity contribution in [3.8, 4) is 27.9 Å². The summed E-state index contributed by atoms with van der Waals surface area (Å²) in [6.45, 7) is 0. The Morgan fingerprint density at radius 3 is 1.67 bits per heavy atom. The van der Waals surface area contributed by atoms with E-state index in [2.05, 4.69) is 216 Å². The maximum absolute atomic E-state index is 2.40. The average molecular weight is 775 g/mol. The summed E-state index contributed by atoms with van der Waals surface area (Å²) >= 11 is 3.74. The van der Waals surface area contributed by atoms with Crippen LogP contribution in [0.4, 0.5) is 17.1 Å². The number of benzene rings is 9. The molecule has 272 valence electrons. The van der Waals surface area contributed by atoms with Crippen molar-refractivity contribution >= 4 is 102 Å². The number of rotatable bonds is 6. The van der Waals surface area contributed by atoms with E-state index in [4.69, 9.17) is 0 Å². The molecule has 2 nitrogen and oxygen atoms in total. The third-order valence-electron chi connectivity index (χ3n) is 11.6. The van der Waals surface area contributed by atoms with Gasteiger partial charge in [0.1, 0.15) is 0 Å². The highest BCUT2D eigenvalue weighted by atomic mass is 32.1. The first-order valence-corrected chi connectivity index (χ1v) is 21.3. The van der Waals surface area contributed by atoms with Crippen molar-refractivity contribution in [3.05, 3.63) is 206 Å². The fraction of sp³-hybridized carbons (Fsp3) is 0. The SMILES string of the molecule is c1ccc(-n2c3ccccc3c3ccc(N(c4ccc(-c5cccc6c5sc5ccccc56)cc4)c4ccc(-c5cccc6sc7ccccc7c56)cc4)cc32)cc1. The van der Waals surface area contributed by atoms with Crippen LogP contribution in [0.3, 0.4) is 0 Å². The van der Waals surface area contributed by atoms with Crippen LogP contribution in [0.25, 0.3) is 90.1 Å². The highest BCUT2D eigenvalue weighted by Crippen LogP contribution is 2.44. The van der Waals surface area contributed by atoms with Crippen LogP contribution in [0.2, 0.25) is 0 Å². The predicted molar refractivity (Wildman–Crippen MR) is 252 cm³/mol. The highest BCUT2D eigenvalue weighted by molar-refractivity contribution is 7.26. The quantitative estimate of drug-likeness (QED) is 0.163. The summed E-state index contributed by atoms with van der Waals surface area (Å²) < 4.78 is 7.69. The molecular weight excluding hydrogens is 741 g/mol. The van der Waals surface area contributed by atoms with Gasteiger partial charge in [0, 0.05) is 73.9 Å². The summed E-state index contributed by atoms with van der Waals surface area (Å²) in [6, 6.07) is 75.6. The molecule has 0 aliphatic rings. The lowest BCUT2D eigenvalue weighted by molar-refractivity contribution is 1.18. The zero-order valence-electron chi connectivity index (χ0n) is 31.3. The molecule has 12 aromatic rings. The highest BCUT2D eigenvalue weighted by Gasteiger charge is 2.19. The number of hydrogen-bond donors (Lipinski definition) is 0. The van der Waals surface area contributed by atoms with Crippen LogP contribution in [0.1, 0.15) is 0 Å². The molecule has 0 aliphatic heterocycles. The first-order valence-electron chi connectivity index (χ1n) is 19.7. The van der Waals surface area contributed by atoms with Gasteiger partial charge in [0.25, 0.3) is 0 Å². The van der Waals surface area contributed by atoms with Gasteiger partial charge >= 0.3 is 0 Å². The largest absolute Gasteiger partial charge is 0.310 e. The van der Waals surface area contributed by atoms with Gasteiger partial charge in [-0.15, -0.1) is 22.7 Å². The number of para-hydroxylation sites is 2. The molecule has 0 spiro atoms. The zero-order valence-corrected chi connectivity index (χ0v) is 33.0. The molecule has 3 aromatic heterocycles. The summed E-state index contributed by atoms with van der Waals surface area (Å²) in [5.41, 5.74) is 11.8. The minimum atomic E-state index is 1.10. The molecule has 0 saturated carbocycles. The Labute approximate surface area is 343 Å². The number of anilines is 3. The van der Waals surface area contributed by atoms with Crippen molar-refractivity contribution in [2.24, 2.45) is 0 Å². The van der Waals surface area contributed by atoms with Gasteiger partial charge in [-0.3, -0.25) is 0 Å². The van der Waals surface area contributed by atoms with E-state index in [-0.39, 0.29) is 0 Å². The molecule has 0 amide bonds. The molecule has 0 bridgehead atoms. The molecule has 0 radical (unpaired) electrons. The molecule has 58 heavy (non-hydrogen) atoms. The number of hydrogen-bond acceptors (Lipinski definition) is 3. The van der Waals surface area contributed by atoms with Crippen LogP contribution < -0.4 is 4.90 Å². The van der Waals surface area contributed by atoms with E-state index in [1.54, 1.807) is 0 Å². The fourth-order valence-electron chi connectivity index (χ4n) is 8.97. The zero-order chi connectivity index (χ0) is 38.2.